The summed E-state index contributed by atoms with van der Waals surface area (Å²) in [4.78, 5) is 2.46. The average molecular weight is 672 g/mol. The van der Waals surface area contributed by atoms with Crippen LogP contribution in [0.25, 0.3) is 97.7 Å². The van der Waals surface area contributed by atoms with Gasteiger partial charge in [-0.1, -0.05) is 121 Å². The summed E-state index contributed by atoms with van der Waals surface area (Å²) in [6, 6.07) is 65.1. The van der Waals surface area contributed by atoms with Gasteiger partial charge in [0.1, 0.15) is 0 Å². The molecule has 0 bridgehead atoms. The number of anilines is 3. The Kier molecular flexibility index (Phi) is 5.11. The molecule has 13 rings (SSSR count). The number of para-hydroxylation sites is 4. The Labute approximate surface area is 303 Å². The Morgan fingerprint density at radius 1 is 0.283 bits per heavy atom. The minimum atomic E-state index is 1.13. The van der Waals surface area contributed by atoms with Crippen molar-refractivity contribution in [2.45, 2.75) is 0 Å². The van der Waals surface area contributed by atoms with Crippen molar-refractivity contribution in [1.82, 2.24) is 8.80 Å². The van der Waals surface area contributed by atoms with E-state index in [1.54, 1.807) is 0 Å². The lowest BCUT2D eigenvalue weighted by atomic mass is 10.0. The maximum atomic E-state index is 2.58. The lowest BCUT2D eigenvalue weighted by Crippen LogP contribution is -2.11. The predicted octanol–water partition coefficient (Wildman–Crippen LogP) is 13.8. The predicted molar refractivity (Wildman–Crippen MR) is 225 cm³/mol. The molecule has 3 heteroatoms. The second kappa shape index (κ2) is 9.81. The molecule has 0 amide bonds. The van der Waals surface area contributed by atoms with E-state index in [-0.39, 0.29) is 0 Å². The fourth-order valence-corrected chi connectivity index (χ4v) is 9.71. The van der Waals surface area contributed by atoms with Crippen LogP contribution < -0.4 is 4.90 Å². The van der Waals surface area contributed by atoms with Crippen LogP contribution in [-0.2, 0) is 0 Å². The zero-order chi connectivity index (χ0) is 34.4. The van der Waals surface area contributed by atoms with Crippen LogP contribution in [0, 0.1) is 0 Å². The van der Waals surface area contributed by atoms with Crippen molar-refractivity contribution in [3.05, 3.63) is 176 Å². The Morgan fingerprint density at radius 2 is 0.717 bits per heavy atom. The highest BCUT2D eigenvalue weighted by Gasteiger charge is 2.27. The summed E-state index contributed by atoms with van der Waals surface area (Å²) < 4.78 is 5.11. The molecule has 9 aromatic carbocycles. The zero-order valence-electron chi connectivity index (χ0n) is 28.6. The SMILES string of the molecule is c1ccc(N(c2ccccc2)c2c3ccccc3cc3c4cccc5c6cc7c(cc6n(c23)c54)c2cccc3c4cc5ccccc5cc4n7c32)cc1. The van der Waals surface area contributed by atoms with E-state index in [4.69, 9.17) is 0 Å². The summed E-state index contributed by atoms with van der Waals surface area (Å²) in [5, 5.41) is 15.3. The maximum absolute atomic E-state index is 2.58. The van der Waals surface area contributed by atoms with E-state index in [0.717, 1.165) is 11.4 Å². The third-order valence-corrected chi connectivity index (χ3v) is 11.9. The first kappa shape index (κ1) is 27.6. The minimum absolute atomic E-state index is 1.13. The number of fused-ring (bicyclic) bond motifs is 14. The van der Waals surface area contributed by atoms with E-state index >= 15 is 0 Å². The third kappa shape index (κ3) is 3.44. The molecule has 0 aliphatic carbocycles. The van der Waals surface area contributed by atoms with Crippen LogP contribution in [-0.4, -0.2) is 8.80 Å². The smallest absolute Gasteiger partial charge is 0.0789 e. The first-order valence-electron chi connectivity index (χ1n) is 18.4. The standard InChI is InChI=1S/C50H29N3/c1-3-16-33(17-4-1)51(34-18-5-2-6-19-34)49-35-20-10-9-15-32(35)26-43-39-24-12-23-38-42-28-45-41(29-46(42)53(48(38)39)50(43)49)37-22-11-21-36-40-25-30-13-7-8-14-31(30)27-44(40)52(45)47(36)37/h1-29H. The number of nitrogens with zero attached hydrogens (tertiary/aromatic N) is 3. The maximum Gasteiger partial charge on any atom is 0.0789 e. The van der Waals surface area contributed by atoms with Gasteiger partial charge < -0.3 is 13.7 Å². The molecule has 0 unspecified atom stereocenters. The number of benzene rings is 9. The van der Waals surface area contributed by atoms with Gasteiger partial charge in [0.15, 0.2) is 0 Å². The molecule has 13 aromatic rings. The number of hydrogen-bond acceptors (Lipinski definition) is 1. The van der Waals surface area contributed by atoms with Crippen LogP contribution in [0.15, 0.2) is 176 Å². The fourth-order valence-electron chi connectivity index (χ4n) is 9.71. The van der Waals surface area contributed by atoms with Crippen LogP contribution in [0.5, 0.6) is 0 Å². The van der Waals surface area contributed by atoms with E-state index in [0.29, 0.717) is 0 Å². The van der Waals surface area contributed by atoms with Crippen LogP contribution in [0.1, 0.15) is 0 Å². The Hall–Kier alpha value is -7.10. The number of rotatable bonds is 3. The summed E-state index contributed by atoms with van der Waals surface area (Å²) >= 11 is 0. The molecule has 0 atom stereocenters. The summed E-state index contributed by atoms with van der Waals surface area (Å²) in [6.07, 6.45) is 0. The lowest BCUT2D eigenvalue weighted by molar-refractivity contribution is 1.28. The Balaban J connectivity index is 1.24. The molecule has 244 valence electrons. The Morgan fingerprint density at radius 3 is 1.36 bits per heavy atom. The van der Waals surface area contributed by atoms with Gasteiger partial charge in [0.05, 0.1) is 38.8 Å². The van der Waals surface area contributed by atoms with E-state index in [2.05, 4.69) is 190 Å². The molecule has 0 aliphatic rings. The largest absolute Gasteiger partial charge is 0.308 e. The van der Waals surface area contributed by atoms with Gasteiger partial charge in [-0.25, -0.2) is 0 Å². The van der Waals surface area contributed by atoms with Gasteiger partial charge in [-0.15, -0.1) is 0 Å². The van der Waals surface area contributed by atoms with E-state index < -0.39 is 0 Å². The lowest BCUT2D eigenvalue weighted by Gasteiger charge is -2.28. The summed E-state index contributed by atoms with van der Waals surface area (Å²) in [5.74, 6) is 0. The summed E-state index contributed by atoms with van der Waals surface area (Å²) in [7, 11) is 0. The molecule has 0 aliphatic heterocycles. The van der Waals surface area contributed by atoms with Gasteiger partial charge in [0.25, 0.3) is 0 Å². The van der Waals surface area contributed by atoms with E-state index in [1.165, 1.54) is 103 Å². The first-order valence-corrected chi connectivity index (χ1v) is 18.4. The van der Waals surface area contributed by atoms with Gasteiger partial charge >= 0.3 is 0 Å². The topological polar surface area (TPSA) is 12.1 Å². The fraction of sp³-hybridized carbons (Fsp3) is 0. The van der Waals surface area contributed by atoms with Crippen molar-refractivity contribution in [3.63, 3.8) is 0 Å². The molecule has 0 radical (unpaired) electrons. The Bertz CT molecular complexity index is 3570. The van der Waals surface area contributed by atoms with Gasteiger partial charge in [-0.2, -0.15) is 0 Å². The van der Waals surface area contributed by atoms with Crippen molar-refractivity contribution in [2.75, 3.05) is 4.90 Å². The minimum Gasteiger partial charge on any atom is -0.308 e. The van der Waals surface area contributed by atoms with Gasteiger partial charge in [-0.3, -0.25) is 0 Å². The highest BCUT2D eigenvalue weighted by atomic mass is 15.2. The van der Waals surface area contributed by atoms with Crippen LogP contribution >= 0.6 is 0 Å². The van der Waals surface area contributed by atoms with Crippen LogP contribution in [0.2, 0.25) is 0 Å². The van der Waals surface area contributed by atoms with Crippen molar-refractivity contribution >= 4 is 115 Å². The molecule has 0 saturated carbocycles. The van der Waals surface area contributed by atoms with E-state index in [9.17, 15) is 0 Å². The molecular formula is C50H29N3. The monoisotopic (exact) mass is 671 g/mol. The molecule has 0 N–H and O–H groups in total. The van der Waals surface area contributed by atoms with Crippen molar-refractivity contribution in [1.29, 1.82) is 0 Å². The molecule has 4 aromatic heterocycles. The highest BCUT2D eigenvalue weighted by molar-refractivity contribution is 6.31. The molecule has 4 heterocycles. The van der Waals surface area contributed by atoms with Crippen LogP contribution in [0.3, 0.4) is 0 Å². The van der Waals surface area contributed by atoms with Gasteiger partial charge in [-0.05, 0) is 70.8 Å². The van der Waals surface area contributed by atoms with Crippen molar-refractivity contribution in [3.8, 4) is 0 Å². The quantitative estimate of drug-likeness (QED) is 0.182. The molecular weight excluding hydrogens is 643 g/mol. The number of aromatic nitrogens is 2. The second-order valence-corrected chi connectivity index (χ2v) is 14.5. The first-order chi connectivity index (χ1) is 26.3. The van der Waals surface area contributed by atoms with Crippen molar-refractivity contribution < 1.29 is 0 Å². The van der Waals surface area contributed by atoms with Crippen molar-refractivity contribution in [2.24, 2.45) is 0 Å². The molecule has 0 fully saturated rings. The molecule has 0 saturated heterocycles. The third-order valence-electron chi connectivity index (χ3n) is 11.9. The van der Waals surface area contributed by atoms with Gasteiger partial charge in [0.2, 0.25) is 0 Å². The van der Waals surface area contributed by atoms with Gasteiger partial charge in [0, 0.05) is 59.9 Å². The van der Waals surface area contributed by atoms with E-state index in [1.807, 2.05) is 0 Å². The summed E-state index contributed by atoms with van der Waals surface area (Å²) in [6.45, 7) is 0. The number of hydrogen-bond donors (Lipinski definition) is 0. The highest BCUT2D eigenvalue weighted by Crippen LogP contribution is 2.50. The average Bonchev–Trinajstić information content (AvgIpc) is 3.93. The zero-order valence-corrected chi connectivity index (χ0v) is 28.6. The molecule has 3 nitrogen and oxygen atoms in total. The normalized spacial score (nSPS) is 12.5. The summed E-state index contributed by atoms with van der Waals surface area (Å²) in [5.41, 5.74) is 11.0. The van der Waals surface area contributed by atoms with Crippen LogP contribution in [0.4, 0.5) is 17.1 Å². The second-order valence-electron chi connectivity index (χ2n) is 14.5. The molecule has 53 heavy (non-hydrogen) atoms. The molecule has 0 spiro atoms.